The van der Waals surface area contributed by atoms with Crippen molar-refractivity contribution in [2.24, 2.45) is 22.9 Å². The molecule has 0 saturated heterocycles. The summed E-state index contributed by atoms with van der Waals surface area (Å²) in [6.45, 7) is 0.507. The largest absolute Gasteiger partial charge is 0.364 e. The van der Waals surface area contributed by atoms with E-state index in [-0.39, 0.29) is 48.7 Å². The van der Waals surface area contributed by atoms with Crippen molar-refractivity contribution in [2.75, 3.05) is 13.1 Å². The number of carbonyl (C=O) groups excluding carboxylic acids is 2. The summed E-state index contributed by atoms with van der Waals surface area (Å²) < 4.78 is 0. The third kappa shape index (κ3) is 2.99. The van der Waals surface area contributed by atoms with E-state index in [0.717, 1.165) is 0 Å². The number of hydrogen-bond acceptors (Lipinski definition) is 6. The van der Waals surface area contributed by atoms with Gasteiger partial charge in [0.2, 0.25) is 0 Å². The van der Waals surface area contributed by atoms with Crippen molar-refractivity contribution in [3.63, 3.8) is 0 Å². The van der Waals surface area contributed by atoms with Gasteiger partial charge in [0.05, 0.1) is 11.4 Å². The molecule has 8 heteroatoms. The second-order valence-corrected chi connectivity index (χ2v) is 3.62. The highest BCUT2D eigenvalue weighted by Gasteiger charge is 2.19. The smallest absolute Gasteiger partial charge is 0.269 e. The summed E-state index contributed by atoms with van der Waals surface area (Å²) in [5, 5.41) is 0. The number of carbonyl (C=O) groups is 2. The van der Waals surface area contributed by atoms with Gasteiger partial charge in [-0.15, -0.1) is 0 Å². The van der Waals surface area contributed by atoms with Crippen LogP contribution in [0.25, 0.3) is 0 Å². The molecule has 0 radical (unpaired) electrons. The first kappa shape index (κ1) is 14.0. The zero-order valence-electron chi connectivity index (χ0n) is 9.85. The van der Waals surface area contributed by atoms with Crippen molar-refractivity contribution in [2.45, 2.75) is 12.8 Å². The molecule has 1 aromatic rings. The first-order valence-corrected chi connectivity index (χ1v) is 5.40. The van der Waals surface area contributed by atoms with E-state index in [0.29, 0.717) is 0 Å². The molecule has 0 fully saturated rings. The van der Waals surface area contributed by atoms with Crippen molar-refractivity contribution >= 4 is 11.8 Å². The molecule has 0 aliphatic rings. The molecule has 0 aliphatic heterocycles. The van der Waals surface area contributed by atoms with Crippen molar-refractivity contribution in [1.82, 2.24) is 9.97 Å². The van der Waals surface area contributed by atoms with Gasteiger partial charge in [-0.2, -0.15) is 0 Å². The van der Waals surface area contributed by atoms with Crippen molar-refractivity contribution < 1.29 is 9.59 Å². The van der Waals surface area contributed by atoms with E-state index in [2.05, 4.69) is 9.97 Å². The van der Waals surface area contributed by atoms with Crippen LogP contribution in [0, 0.1) is 0 Å². The van der Waals surface area contributed by atoms with E-state index in [1.807, 2.05) is 0 Å². The zero-order valence-corrected chi connectivity index (χ0v) is 9.85. The summed E-state index contributed by atoms with van der Waals surface area (Å²) in [5.41, 5.74) is 21.8. The molecule has 1 aromatic heterocycles. The highest BCUT2D eigenvalue weighted by molar-refractivity contribution is 5.95. The average Bonchev–Trinajstić information content (AvgIpc) is 2.30. The van der Waals surface area contributed by atoms with Crippen molar-refractivity contribution in [3.8, 4) is 0 Å². The van der Waals surface area contributed by atoms with Crippen molar-refractivity contribution in [1.29, 1.82) is 0 Å². The molecule has 1 rings (SSSR count). The van der Waals surface area contributed by atoms with Crippen LogP contribution in [-0.4, -0.2) is 34.9 Å². The first-order valence-electron chi connectivity index (χ1n) is 5.40. The number of aromatic nitrogens is 2. The fraction of sp³-hybridized carbons (Fsp3) is 0.400. The van der Waals surface area contributed by atoms with Gasteiger partial charge in [-0.3, -0.25) is 9.59 Å². The summed E-state index contributed by atoms with van der Waals surface area (Å²) in [5.74, 6) is -1.44. The Balaban J connectivity index is 3.39. The minimum Gasteiger partial charge on any atom is -0.364 e. The minimum atomic E-state index is -0.722. The Morgan fingerprint density at radius 1 is 0.833 bits per heavy atom. The highest BCUT2D eigenvalue weighted by Crippen LogP contribution is 2.10. The van der Waals surface area contributed by atoms with E-state index in [4.69, 9.17) is 22.9 Å². The Kier molecular flexibility index (Phi) is 4.69. The summed E-state index contributed by atoms with van der Waals surface area (Å²) in [4.78, 5) is 30.6. The van der Waals surface area contributed by atoms with E-state index in [1.165, 1.54) is 0 Å². The molecule has 0 bridgehead atoms. The lowest BCUT2D eigenvalue weighted by molar-refractivity contribution is 0.0978. The minimum absolute atomic E-state index is 0.00824. The molecule has 0 saturated carbocycles. The molecular weight excluding hydrogens is 236 g/mol. The van der Waals surface area contributed by atoms with Gasteiger partial charge in [0, 0.05) is 12.8 Å². The molecule has 8 N–H and O–H groups in total. The first-order chi connectivity index (χ1) is 8.51. The third-order valence-electron chi connectivity index (χ3n) is 2.27. The zero-order chi connectivity index (χ0) is 13.7. The number of rotatable bonds is 6. The quantitative estimate of drug-likeness (QED) is 0.443. The SMILES string of the molecule is NCCc1nc(C(N)=O)c(CCN)nc1C(N)=O. The van der Waals surface area contributed by atoms with Crippen LogP contribution in [0.15, 0.2) is 0 Å². The normalized spacial score (nSPS) is 10.3. The van der Waals surface area contributed by atoms with Gasteiger partial charge in [0.1, 0.15) is 11.4 Å². The number of nitrogens with zero attached hydrogens (tertiary/aromatic N) is 2. The maximum Gasteiger partial charge on any atom is 0.269 e. The molecule has 0 spiro atoms. The molecule has 2 amide bonds. The molecule has 8 nitrogen and oxygen atoms in total. The van der Waals surface area contributed by atoms with E-state index in [1.54, 1.807) is 0 Å². The molecule has 1 heterocycles. The van der Waals surface area contributed by atoms with E-state index >= 15 is 0 Å². The molecule has 0 aliphatic carbocycles. The summed E-state index contributed by atoms with van der Waals surface area (Å²) in [7, 11) is 0. The molecular formula is C10H16N6O2. The van der Waals surface area contributed by atoms with Crippen LogP contribution < -0.4 is 22.9 Å². The number of nitrogens with two attached hydrogens (primary N) is 4. The van der Waals surface area contributed by atoms with Crippen LogP contribution in [0.3, 0.4) is 0 Å². The Bertz CT molecular complexity index is 430. The Morgan fingerprint density at radius 2 is 1.17 bits per heavy atom. The van der Waals surface area contributed by atoms with Crippen LogP contribution in [0.4, 0.5) is 0 Å². The Morgan fingerprint density at radius 3 is 1.39 bits per heavy atom. The van der Waals surface area contributed by atoms with Gasteiger partial charge < -0.3 is 22.9 Å². The van der Waals surface area contributed by atoms with E-state index < -0.39 is 11.8 Å². The molecule has 18 heavy (non-hydrogen) atoms. The maximum absolute atomic E-state index is 11.3. The van der Waals surface area contributed by atoms with Crippen LogP contribution in [0.2, 0.25) is 0 Å². The third-order valence-corrected chi connectivity index (χ3v) is 2.27. The van der Waals surface area contributed by atoms with E-state index in [9.17, 15) is 9.59 Å². The topological polar surface area (TPSA) is 164 Å². The standard InChI is InChI=1S/C10H16N6O2/c11-3-1-5-7(9(13)17)16-6(2-4-12)8(15-5)10(14)18/h1-4,11-12H2,(H2,13,17)(H2,14,18). The van der Waals surface area contributed by atoms with Gasteiger partial charge >= 0.3 is 0 Å². The molecule has 98 valence electrons. The lowest BCUT2D eigenvalue weighted by Crippen LogP contribution is -2.26. The average molecular weight is 252 g/mol. The lowest BCUT2D eigenvalue weighted by atomic mass is 10.1. The summed E-state index contributed by atoms with van der Waals surface area (Å²) in [6, 6.07) is 0. The monoisotopic (exact) mass is 252 g/mol. The summed E-state index contributed by atoms with van der Waals surface area (Å²) in [6.07, 6.45) is 0.572. The maximum atomic E-state index is 11.3. The molecule has 0 atom stereocenters. The Labute approximate surface area is 104 Å². The second kappa shape index (κ2) is 6.03. The van der Waals surface area contributed by atoms with Crippen LogP contribution in [-0.2, 0) is 12.8 Å². The van der Waals surface area contributed by atoms with Crippen LogP contribution >= 0.6 is 0 Å². The predicted octanol–water partition coefficient (Wildman–Crippen LogP) is -2.32. The van der Waals surface area contributed by atoms with Gasteiger partial charge in [-0.05, 0) is 13.1 Å². The van der Waals surface area contributed by atoms with Gasteiger partial charge in [0.15, 0.2) is 0 Å². The second-order valence-electron chi connectivity index (χ2n) is 3.62. The fourth-order valence-corrected chi connectivity index (χ4v) is 1.52. The Hall–Kier alpha value is -2.06. The number of amides is 2. The highest BCUT2D eigenvalue weighted by atomic mass is 16.1. The lowest BCUT2D eigenvalue weighted by Gasteiger charge is -2.10. The fourth-order valence-electron chi connectivity index (χ4n) is 1.52. The number of hydrogen-bond donors (Lipinski definition) is 4. The summed E-state index contributed by atoms with van der Waals surface area (Å²) >= 11 is 0. The van der Waals surface area contributed by atoms with Crippen LogP contribution in [0.5, 0.6) is 0 Å². The van der Waals surface area contributed by atoms with Gasteiger partial charge in [-0.1, -0.05) is 0 Å². The van der Waals surface area contributed by atoms with Crippen molar-refractivity contribution in [3.05, 3.63) is 22.8 Å². The van der Waals surface area contributed by atoms with Gasteiger partial charge in [0.25, 0.3) is 11.8 Å². The number of primary amides is 2. The predicted molar refractivity (Wildman–Crippen MR) is 64.6 cm³/mol. The van der Waals surface area contributed by atoms with Gasteiger partial charge in [-0.25, -0.2) is 9.97 Å². The van der Waals surface area contributed by atoms with Crippen LogP contribution in [0.1, 0.15) is 32.4 Å². The molecule has 0 aromatic carbocycles. The molecule has 0 unspecified atom stereocenters.